The molecule has 0 aliphatic rings. The van der Waals surface area contributed by atoms with Crippen LogP contribution in [0.2, 0.25) is 0 Å². The highest BCUT2D eigenvalue weighted by atomic mass is 32.2. The normalized spacial score (nSPS) is 12.1. The van der Waals surface area contributed by atoms with Crippen LogP contribution in [0.4, 0.5) is 0 Å². The summed E-state index contributed by atoms with van der Waals surface area (Å²) < 4.78 is 23.6. The lowest BCUT2D eigenvalue weighted by Gasteiger charge is -2.09. The van der Waals surface area contributed by atoms with Gasteiger partial charge in [-0.05, 0) is 43.8 Å². The fraction of sp³-hybridized carbons (Fsp3) is 0.400. The summed E-state index contributed by atoms with van der Waals surface area (Å²) in [4.78, 5) is 0.406. The minimum atomic E-state index is -3.13. The standard InChI is InChI=1S/C10H15O2PS/c1-7(2)14(11,12)9-5-4-8(3)10(13)6-9/h4-7H,13H2,1-3H3. The first kappa shape index (κ1) is 11.7. The molecule has 4 heteroatoms. The third-order valence-corrected chi connectivity index (χ3v) is 4.97. The van der Waals surface area contributed by atoms with Crippen molar-refractivity contribution >= 4 is 24.4 Å². The first-order valence-corrected chi connectivity index (χ1v) is 6.58. The fourth-order valence-electron chi connectivity index (χ4n) is 1.07. The van der Waals surface area contributed by atoms with Crippen LogP contribution in [-0.4, -0.2) is 13.7 Å². The largest absolute Gasteiger partial charge is 0.223 e. The summed E-state index contributed by atoms with van der Waals surface area (Å²) in [6.07, 6.45) is 0. The molecule has 2 nitrogen and oxygen atoms in total. The Morgan fingerprint density at radius 3 is 2.29 bits per heavy atom. The van der Waals surface area contributed by atoms with Gasteiger partial charge in [0.1, 0.15) is 0 Å². The van der Waals surface area contributed by atoms with E-state index in [1.165, 1.54) is 0 Å². The van der Waals surface area contributed by atoms with Gasteiger partial charge < -0.3 is 0 Å². The van der Waals surface area contributed by atoms with Crippen molar-refractivity contribution in [2.75, 3.05) is 0 Å². The summed E-state index contributed by atoms with van der Waals surface area (Å²) in [5.74, 6) is 0. The number of aryl methyl sites for hydroxylation is 1. The Hall–Kier alpha value is -0.400. The molecule has 0 heterocycles. The van der Waals surface area contributed by atoms with E-state index in [0.29, 0.717) is 4.90 Å². The quantitative estimate of drug-likeness (QED) is 0.724. The van der Waals surface area contributed by atoms with Crippen molar-refractivity contribution in [3.05, 3.63) is 23.8 Å². The Labute approximate surface area is 87.8 Å². The summed E-state index contributed by atoms with van der Waals surface area (Å²) in [5, 5.41) is 0.571. The molecule has 1 atom stereocenters. The molecule has 0 N–H and O–H groups in total. The average Bonchev–Trinajstić information content (AvgIpc) is 2.09. The van der Waals surface area contributed by atoms with E-state index < -0.39 is 9.84 Å². The predicted octanol–water partition coefficient (Wildman–Crippen LogP) is 1.68. The molecule has 0 aliphatic carbocycles. The number of hydrogen-bond acceptors (Lipinski definition) is 2. The van der Waals surface area contributed by atoms with Crippen LogP contribution in [0.5, 0.6) is 0 Å². The second-order valence-electron chi connectivity index (χ2n) is 3.61. The minimum absolute atomic E-state index is 0.366. The molecular formula is C10H15O2PS. The van der Waals surface area contributed by atoms with Crippen LogP contribution in [0.1, 0.15) is 19.4 Å². The molecule has 14 heavy (non-hydrogen) atoms. The van der Waals surface area contributed by atoms with Gasteiger partial charge in [-0.15, -0.1) is 9.24 Å². The smallest absolute Gasteiger partial charge is 0.180 e. The lowest BCUT2D eigenvalue weighted by molar-refractivity contribution is 0.587. The topological polar surface area (TPSA) is 34.1 Å². The lowest BCUT2D eigenvalue weighted by Crippen LogP contribution is -2.15. The summed E-state index contributed by atoms with van der Waals surface area (Å²) in [6.45, 7) is 5.34. The van der Waals surface area contributed by atoms with Crippen LogP contribution in [0.3, 0.4) is 0 Å². The zero-order valence-corrected chi connectivity index (χ0v) is 10.6. The summed E-state index contributed by atoms with van der Waals surface area (Å²) >= 11 is 0. The van der Waals surface area contributed by atoms with Gasteiger partial charge in [0.05, 0.1) is 10.1 Å². The van der Waals surface area contributed by atoms with Crippen molar-refractivity contribution in [2.24, 2.45) is 0 Å². The Morgan fingerprint density at radius 2 is 1.86 bits per heavy atom. The summed E-state index contributed by atoms with van der Waals surface area (Å²) in [7, 11) is -0.583. The van der Waals surface area contributed by atoms with Crippen molar-refractivity contribution in [3.63, 3.8) is 0 Å². The molecule has 0 spiro atoms. The first-order chi connectivity index (χ1) is 6.35. The summed E-state index contributed by atoms with van der Waals surface area (Å²) in [6, 6.07) is 5.20. The van der Waals surface area contributed by atoms with Gasteiger partial charge in [0.25, 0.3) is 0 Å². The number of sulfone groups is 1. The monoisotopic (exact) mass is 230 g/mol. The highest BCUT2D eigenvalue weighted by Gasteiger charge is 2.19. The van der Waals surface area contributed by atoms with Crippen LogP contribution in [0, 0.1) is 6.92 Å². The Balaban J connectivity index is 3.29. The first-order valence-electron chi connectivity index (χ1n) is 4.45. The highest BCUT2D eigenvalue weighted by molar-refractivity contribution is 7.92. The van der Waals surface area contributed by atoms with Gasteiger partial charge in [0.2, 0.25) is 0 Å². The van der Waals surface area contributed by atoms with E-state index in [2.05, 4.69) is 9.24 Å². The molecule has 1 aromatic rings. The molecule has 1 aromatic carbocycles. The van der Waals surface area contributed by atoms with Crippen LogP contribution in [0.15, 0.2) is 23.1 Å². The predicted molar refractivity (Wildman–Crippen MR) is 62.8 cm³/mol. The average molecular weight is 230 g/mol. The Bertz CT molecular complexity index is 435. The van der Waals surface area contributed by atoms with Gasteiger partial charge in [0, 0.05) is 0 Å². The van der Waals surface area contributed by atoms with Gasteiger partial charge >= 0.3 is 0 Å². The molecular weight excluding hydrogens is 215 g/mol. The Kier molecular flexibility index (Phi) is 3.33. The second-order valence-corrected chi connectivity index (χ2v) is 6.74. The van der Waals surface area contributed by atoms with Crippen molar-refractivity contribution in [2.45, 2.75) is 30.9 Å². The molecule has 78 valence electrons. The molecule has 1 unspecified atom stereocenters. The van der Waals surface area contributed by atoms with Crippen LogP contribution in [-0.2, 0) is 9.84 Å². The van der Waals surface area contributed by atoms with E-state index in [0.717, 1.165) is 10.9 Å². The van der Waals surface area contributed by atoms with Crippen molar-refractivity contribution in [1.29, 1.82) is 0 Å². The number of rotatable bonds is 2. The second kappa shape index (κ2) is 4.00. The maximum Gasteiger partial charge on any atom is 0.180 e. The van der Waals surface area contributed by atoms with E-state index in [1.807, 2.05) is 13.0 Å². The fourth-order valence-corrected chi connectivity index (χ4v) is 2.56. The SMILES string of the molecule is Cc1ccc(S(=O)(=O)C(C)C)cc1P. The number of hydrogen-bond donors (Lipinski definition) is 0. The van der Waals surface area contributed by atoms with Crippen molar-refractivity contribution < 1.29 is 8.42 Å². The third kappa shape index (κ3) is 2.15. The Morgan fingerprint density at radius 1 is 1.29 bits per heavy atom. The summed E-state index contributed by atoms with van der Waals surface area (Å²) in [5.41, 5.74) is 1.08. The minimum Gasteiger partial charge on any atom is -0.223 e. The van der Waals surface area contributed by atoms with Crippen LogP contribution < -0.4 is 5.30 Å². The zero-order chi connectivity index (χ0) is 10.9. The molecule has 1 rings (SSSR count). The maximum absolute atomic E-state index is 11.8. The van der Waals surface area contributed by atoms with Gasteiger partial charge in [-0.2, -0.15) is 0 Å². The lowest BCUT2D eigenvalue weighted by atomic mass is 10.2. The van der Waals surface area contributed by atoms with Crippen LogP contribution in [0.25, 0.3) is 0 Å². The van der Waals surface area contributed by atoms with Crippen LogP contribution >= 0.6 is 9.24 Å². The third-order valence-electron chi connectivity index (χ3n) is 2.20. The van der Waals surface area contributed by atoms with Gasteiger partial charge in [0.15, 0.2) is 9.84 Å². The van der Waals surface area contributed by atoms with Gasteiger partial charge in [-0.25, -0.2) is 8.42 Å². The molecule has 0 saturated heterocycles. The maximum atomic E-state index is 11.8. The van der Waals surface area contributed by atoms with E-state index >= 15 is 0 Å². The molecule has 0 amide bonds. The molecule has 0 aliphatic heterocycles. The molecule has 0 radical (unpaired) electrons. The van der Waals surface area contributed by atoms with Gasteiger partial charge in [-0.1, -0.05) is 6.07 Å². The molecule has 0 saturated carbocycles. The zero-order valence-electron chi connectivity index (χ0n) is 8.61. The van der Waals surface area contributed by atoms with E-state index in [-0.39, 0.29) is 5.25 Å². The van der Waals surface area contributed by atoms with Gasteiger partial charge in [-0.3, -0.25) is 0 Å². The molecule has 0 fully saturated rings. The molecule has 0 bridgehead atoms. The van der Waals surface area contributed by atoms with E-state index in [4.69, 9.17) is 0 Å². The number of benzene rings is 1. The van der Waals surface area contributed by atoms with E-state index in [1.54, 1.807) is 26.0 Å². The highest BCUT2D eigenvalue weighted by Crippen LogP contribution is 2.16. The van der Waals surface area contributed by atoms with E-state index in [9.17, 15) is 8.42 Å². The van der Waals surface area contributed by atoms with Crippen molar-refractivity contribution in [3.8, 4) is 0 Å². The van der Waals surface area contributed by atoms with Crippen molar-refractivity contribution in [1.82, 2.24) is 0 Å². The molecule has 0 aromatic heterocycles.